The van der Waals surface area contributed by atoms with E-state index in [0.29, 0.717) is 25.0 Å². The normalized spacial score (nSPS) is 17.0. The molecule has 1 N–H and O–H groups in total. The van der Waals surface area contributed by atoms with Crippen LogP contribution in [0.3, 0.4) is 0 Å². The molecule has 0 aromatic heterocycles. The summed E-state index contributed by atoms with van der Waals surface area (Å²) in [6.45, 7) is 11.1. The van der Waals surface area contributed by atoms with Gasteiger partial charge in [-0.1, -0.05) is 59.8 Å². The predicted molar refractivity (Wildman–Crippen MR) is 110 cm³/mol. The smallest absolute Gasteiger partial charge is 0.326 e. The van der Waals surface area contributed by atoms with Crippen LogP contribution in [-0.4, -0.2) is 49.8 Å². The largest absolute Gasteiger partial charge is 0.472 e. The number of hydrogen-bond donors (Lipinski definition) is 1. The maximum absolute atomic E-state index is 12.1. The second-order valence-corrected chi connectivity index (χ2v) is 9.73. The van der Waals surface area contributed by atoms with Gasteiger partial charge in [0.15, 0.2) is 0 Å². The average Bonchev–Trinajstić information content (AvgIpc) is 2.58. The molecular formula is C20H45NO4P+. The lowest BCUT2D eigenvalue weighted by Gasteiger charge is -2.33. The second-order valence-electron chi connectivity index (χ2n) is 8.27. The quantitative estimate of drug-likeness (QED) is 0.257. The Hall–Kier alpha value is 0.0700. The lowest BCUT2D eigenvalue weighted by molar-refractivity contribution is -0.893. The summed E-state index contributed by atoms with van der Waals surface area (Å²) in [6.07, 6.45) is 9.19. The molecule has 0 aliphatic rings. The second kappa shape index (κ2) is 14.1. The van der Waals surface area contributed by atoms with Crippen molar-refractivity contribution in [3.63, 3.8) is 0 Å². The van der Waals surface area contributed by atoms with Crippen molar-refractivity contribution < 1.29 is 23.0 Å². The molecule has 0 radical (unpaired) electrons. The highest BCUT2D eigenvalue weighted by molar-refractivity contribution is 7.47. The molecule has 158 valence electrons. The fourth-order valence-electron chi connectivity index (χ4n) is 3.25. The molecule has 0 aromatic carbocycles. The highest BCUT2D eigenvalue weighted by Crippen LogP contribution is 2.44. The van der Waals surface area contributed by atoms with Crippen LogP contribution in [0.25, 0.3) is 0 Å². The third-order valence-electron chi connectivity index (χ3n) is 5.26. The lowest BCUT2D eigenvalue weighted by Crippen LogP contribution is -2.45. The van der Waals surface area contributed by atoms with Gasteiger partial charge in [-0.25, -0.2) is 4.57 Å². The van der Waals surface area contributed by atoms with Gasteiger partial charge in [0.1, 0.15) is 13.2 Å². The fraction of sp³-hybridized carbons (Fsp3) is 1.00. The molecule has 6 heteroatoms. The molecule has 0 aliphatic carbocycles. The number of phosphoric ester groups is 1. The van der Waals surface area contributed by atoms with Crippen molar-refractivity contribution in [3.8, 4) is 0 Å². The van der Waals surface area contributed by atoms with E-state index >= 15 is 0 Å². The van der Waals surface area contributed by atoms with Gasteiger partial charge in [0.25, 0.3) is 0 Å². The standard InChI is InChI=1S/C20H44NO4P/c1-7-11-13-19(9-3)17-21(5,6)15-16-24-26(22,23)25-18-20(10-4)14-12-8-2/h19-20H,7-18H2,1-6H3/p+1. The average molecular weight is 395 g/mol. The first-order valence-corrected chi connectivity index (χ1v) is 12.1. The van der Waals surface area contributed by atoms with Crippen molar-refractivity contribution in [2.45, 2.75) is 79.1 Å². The molecule has 0 aromatic rings. The van der Waals surface area contributed by atoms with Crippen LogP contribution in [0.1, 0.15) is 79.1 Å². The number of nitrogens with zero attached hydrogens (tertiary/aromatic N) is 1. The molecule has 0 spiro atoms. The summed E-state index contributed by atoms with van der Waals surface area (Å²) in [7, 11) is 0.385. The molecule has 0 saturated carbocycles. The van der Waals surface area contributed by atoms with E-state index in [-0.39, 0.29) is 6.61 Å². The number of unbranched alkanes of at least 4 members (excludes halogenated alkanes) is 2. The first kappa shape index (κ1) is 26.1. The predicted octanol–water partition coefficient (Wildman–Crippen LogP) is 5.63. The van der Waals surface area contributed by atoms with Crippen molar-refractivity contribution in [2.24, 2.45) is 11.8 Å². The van der Waals surface area contributed by atoms with Gasteiger partial charge >= 0.3 is 7.82 Å². The van der Waals surface area contributed by atoms with Gasteiger partial charge in [-0.2, -0.15) is 0 Å². The molecule has 0 amide bonds. The third kappa shape index (κ3) is 13.3. The number of rotatable bonds is 17. The van der Waals surface area contributed by atoms with Crippen molar-refractivity contribution in [2.75, 3.05) is 40.4 Å². The Bertz CT molecular complexity index is 390. The van der Waals surface area contributed by atoms with Crippen LogP contribution < -0.4 is 0 Å². The van der Waals surface area contributed by atoms with Gasteiger partial charge in [-0.15, -0.1) is 0 Å². The third-order valence-corrected chi connectivity index (χ3v) is 6.25. The van der Waals surface area contributed by atoms with Crippen LogP contribution >= 0.6 is 7.82 Å². The van der Waals surface area contributed by atoms with E-state index in [1.165, 1.54) is 25.7 Å². The summed E-state index contributed by atoms with van der Waals surface area (Å²) in [4.78, 5) is 9.93. The van der Waals surface area contributed by atoms with E-state index < -0.39 is 7.82 Å². The van der Waals surface area contributed by atoms with Crippen molar-refractivity contribution in [1.82, 2.24) is 0 Å². The Balaban J connectivity index is 4.25. The van der Waals surface area contributed by atoms with Gasteiger partial charge in [-0.05, 0) is 25.2 Å². The van der Waals surface area contributed by atoms with Crippen LogP contribution in [-0.2, 0) is 13.6 Å². The van der Waals surface area contributed by atoms with Gasteiger partial charge in [-0.3, -0.25) is 9.05 Å². The number of quaternary nitrogens is 1. The highest BCUT2D eigenvalue weighted by Gasteiger charge is 2.26. The van der Waals surface area contributed by atoms with Crippen LogP contribution in [0.15, 0.2) is 0 Å². The summed E-state index contributed by atoms with van der Waals surface area (Å²) < 4.78 is 23.4. The summed E-state index contributed by atoms with van der Waals surface area (Å²) in [6, 6.07) is 0. The maximum atomic E-state index is 12.1. The molecule has 3 unspecified atom stereocenters. The van der Waals surface area contributed by atoms with Crippen LogP contribution in [0.2, 0.25) is 0 Å². The van der Waals surface area contributed by atoms with Crippen LogP contribution in [0, 0.1) is 11.8 Å². The minimum atomic E-state index is -3.95. The molecule has 0 heterocycles. The van der Waals surface area contributed by atoms with Gasteiger partial charge in [0.05, 0.1) is 27.2 Å². The molecule has 0 saturated heterocycles. The molecule has 0 bridgehead atoms. The van der Waals surface area contributed by atoms with E-state index in [0.717, 1.165) is 36.7 Å². The molecule has 26 heavy (non-hydrogen) atoms. The van der Waals surface area contributed by atoms with E-state index in [1.54, 1.807) is 0 Å². The SMILES string of the molecule is CCCCC(CC)COP(=O)(O)OCC[N+](C)(C)CC(CC)CCCC. The molecule has 0 rings (SSSR count). The van der Waals surface area contributed by atoms with Crippen LogP contribution in [0.4, 0.5) is 0 Å². The van der Waals surface area contributed by atoms with E-state index in [2.05, 4.69) is 41.8 Å². The molecule has 5 nitrogen and oxygen atoms in total. The monoisotopic (exact) mass is 394 g/mol. The van der Waals surface area contributed by atoms with Crippen molar-refractivity contribution in [3.05, 3.63) is 0 Å². The minimum Gasteiger partial charge on any atom is -0.326 e. The Morgan fingerprint density at radius 1 is 0.923 bits per heavy atom. The van der Waals surface area contributed by atoms with Gasteiger partial charge in [0.2, 0.25) is 0 Å². The van der Waals surface area contributed by atoms with E-state index in [9.17, 15) is 9.46 Å². The molecule has 0 fully saturated rings. The summed E-state index contributed by atoms with van der Waals surface area (Å²) in [5, 5.41) is 0. The fourth-order valence-corrected chi connectivity index (χ4v) is 4.03. The number of likely N-dealkylation sites (N-methyl/N-ethyl adjacent to an activating group) is 1. The van der Waals surface area contributed by atoms with Crippen LogP contribution in [0.5, 0.6) is 0 Å². The Labute approximate surface area is 162 Å². The first-order chi connectivity index (χ1) is 12.2. The Morgan fingerprint density at radius 2 is 1.46 bits per heavy atom. The molecular weight excluding hydrogens is 349 g/mol. The zero-order valence-corrected chi connectivity index (χ0v) is 19.1. The van der Waals surface area contributed by atoms with Gasteiger partial charge in [0, 0.05) is 5.92 Å². The Morgan fingerprint density at radius 3 is 1.96 bits per heavy atom. The van der Waals surface area contributed by atoms with Crippen molar-refractivity contribution >= 4 is 7.82 Å². The lowest BCUT2D eigenvalue weighted by atomic mass is 9.98. The number of phosphoric acid groups is 1. The van der Waals surface area contributed by atoms with E-state index in [4.69, 9.17) is 9.05 Å². The maximum Gasteiger partial charge on any atom is 0.472 e. The molecule has 3 atom stereocenters. The van der Waals surface area contributed by atoms with Crippen molar-refractivity contribution in [1.29, 1.82) is 0 Å². The molecule has 0 aliphatic heterocycles. The summed E-state index contributed by atoms with van der Waals surface area (Å²) in [5.41, 5.74) is 0. The summed E-state index contributed by atoms with van der Waals surface area (Å²) in [5.74, 6) is 1.03. The highest BCUT2D eigenvalue weighted by atomic mass is 31.2. The zero-order valence-electron chi connectivity index (χ0n) is 18.2. The zero-order chi connectivity index (χ0) is 20.1. The topological polar surface area (TPSA) is 55.8 Å². The summed E-state index contributed by atoms with van der Waals surface area (Å²) >= 11 is 0. The number of hydrogen-bond acceptors (Lipinski definition) is 3. The minimum absolute atomic E-state index is 0.247. The Kier molecular flexibility index (Phi) is 14.2. The first-order valence-electron chi connectivity index (χ1n) is 10.6. The van der Waals surface area contributed by atoms with Gasteiger partial charge < -0.3 is 9.38 Å². The van der Waals surface area contributed by atoms with E-state index in [1.807, 2.05) is 0 Å².